The third kappa shape index (κ3) is 11.1. The summed E-state index contributed by atoms with van der Waals surface area (Å²) >= 11 is 11.7. The Morgan fingerprint density at radius 2 is 0.643 bits per heavy atom. The molecule has 0 aromatic carbocycles. The quantitative estimate of drug-likeness (QED) is 0.215. The van der Waals surface area contributed by atoms with Gasteiger partial charge in [-0.25, -0.2) is 39.9 Å². The zero-order valence-electron chi connectivity index (χ0n) is 23.7. The summed E-state index contributed by atoms with van der Waals surface area (Å²) in [4.78, 5) is 47.5. The van der Waals surface area contributed by atoms with Crippen LogP contribution in [0.1, 0.15) is 74.3 Å². The highest BCUT2D eigenvalue weighted by atomic mass is 35.5. The molecular weight excluding hydrogens is 587 g/mol. The smallest absolute Gasteiger partial charge is 0.219 e. The van der Waals surface area contributed by atoms with Gasteiger partial charge in [-0.3, -0.25) is 0 Å². The van der Waals surface area contributed by atoms with Gasteiger partial charge in [0.2, 0.25) is 10.6 Å². The lowest BCUT2D eigenvalue weighted by Gasteiger charge is -2.03. The van der Waals surface area contributed by atoms with Crippen molar-refractivity contribution in [3.05, 3.63) is 69.3 Å². The standard InChI is InChI=1S/C12H14BCl2N6.C12H14BF2N6/c2*1-3-7-16-9(20-11(14)18-7)5-13-6-10-17-8(4-2)19-12(15)21-10/h2*3-6H2,1-2H3. The highest BCUT2D eigenvalue weighted by Gasteiger charge is 2.10. The van der Waals surface area contributed by atoms with Gasteiger partial charge in [-0.2, -0.15) is 28.7 Å². The van der Waals surface area contributed by atoms with Crippen molar-refractivity contribution >= 4 is 37.8 Å². The molecule has 0 aliphatic carbocycles. The van der Waals surface area contributed by atoms with Crippen molar-refractivity contribution in [2.75, 3.05) is 0 Å². The van der Waals surface area contributed by atoms with Crippen LogP contribution in [-0.4, -0.2) is 74.4 Å². The van der Waals surface area contributed by atoms with Gasteiger partial charge in [0.15, 0.2) is 0 Å². The van der Waals surface area contributed by atoms with Crippen molar-refractivity contribution in [1.82, 2.24) is 59.8 Å². The first kappa shape index (κ1) is 33.1. The van der Waals surface area contributed by atoms with E-state index >= 15 is 0 Å². The second kappa shape index (κ2) is 16.9. The summed E-state index contributed by atoms with van der Waals surface area (Å²) < 4.78 is 26.3. The maximum Gasteiger partial charge on any atom is 0.312 e. The molecule has 2 radical (unpaired) electrons. The first-order valence-corrected chi connectivity index (χ1v) is 14.2. The van der Waals surface area contributed by atoms with Crippen LogP contribution in [0.15, 0.2) is 0 Å². The second-order valence-electron chi connectivity index (χ2n) is 8.56. The molecule has 0 atom stereocenters. The summed E-state index contributed by atoms with van der Waals surface area (Å²) in [5.74, 6) is 4.15. The van der Waals surface area contributed by atoms with Crippen molar-refractivity contribution in [2.45, 2.75) is 78.7 Å². The van der Waals surface area contributed by atoms with E-state index in [1.807, 2.05) is 35.0 Å². The summed E-state index contributed by atoms with van der Waals surface area (Å²) in [5.41, 5.74) is 0. The zero-order valence-corrected chi connectivity index (χ0v) is 25.2. The molecule has 0 amide bonds. The molecule has 218 valence electrons. The van der Waals surface area contributed by atoms with Gasteiger partial charge in [0.05, 0.1) is 0 Å². The SMILES string of the molecule is CCc1nc(Cl)nc(C[B]Cc2nc(Cl)nc(CC)n2)n1.CCc1nc(F)nc(C[B]Cc2nc(F)nc(CC)n2)n1. The van der Waals surface area contributed by atoms with Crippen molar-refractivity contribution in [1.29, 1.82) is 0 Å². The fourth-order valence-electron chi connectivity index (χ4n) is 3.41. The van der Waals surface area contributed by atoms with Gasteiger partial charge in [-0.1, -0.05) is 27.7 Å². The van der Waals surface area contributed by atoms with Gasteiger partial charge in [0, 0.05) is 25.7 Å². The Labute approximate surface area is 254 Å². The summed E-state index contributed by atoms with van der Waals surface area (Å²) in [6.45, 7) is 7.61. The fraction of sp³-hybridized carbons (Fsp3) is 0.500. The lowest BCUT2D eigenvalue weighted by molar-refractivity contribution is 0.516. The largest absolute Gasteiger partial charge is 0.312 e. The number of rotatable bonds is 12. The van der Waals surface area contributed by atoms with E-state index in [9.17, 15) is 8.78 Å². The van der Waals surface area contributed by atoms with Crippen LogP contribution in [0.4, 0.5) is 8.78 Å². The zero-order chi connectivity index (χ0) is 30.5. The van der Waals surface area contributed by atoms with Crippen molar-refractivity contribution in [3.8, 4) is 0 Å². The van der Waals surface area contributed by atoms with Crippen LogP contribution >= 0.6 is 23.2 Å². The number of halogens is 4. The molecule has 4 rings (SSSR count). The molecule has 12 nitrogen and oxygen atoms in total. The maximum atomic E-state index is 13.2. The summed E-state index contributed by atoms with van der Waals surface area (Å²) in [5, 5.41) is 0.448. The van der Waals surface area contributed by atoms with Crippen molar-refractivity contribution < 1.29 is 8.78 Å². The molecule has 0 N–H and O–H groups in total. The van der Waals surface area contributed by atoms with Crippen molar-refractivity contribution in [2.24, 2.45) is 0 Å². The number of nitrogens with zero attached hydrogens (tertiary/aromatic N) is 12. The van der Waals surface area contributed by atoms with Crippen LogP contribution in [0, 0.1) is 12.2 Å². The van der Waals surface area contributed by atoms with Crippen LogP contribution in [0.2, 0.25) is 10.6 Å². The van der Waals surface area contributed by atoms with E-state index in [4.69, 9.17) is 23.2 Å². The summed E-state index contributed by atoms with van der Waals surface area (Å²) in [6, 6.07) is 0. The Kier molecular flexibility index (Phi) is 13.3. The Balaban J connectivity index is 0.000000230. The first-order chi connectivity index (χ1) is 20.2. The Bertz CT molecular complexity index is 1260. The normalized spacial score (nSPS) is 10.7. The predicted molar refractivity (Wildman–Crippen MR) is 153 cm³/mol. The van der Waals surface area contributed by atoms with E-state index in [-0.39, 0.29) is 10.6 Å². The number of hydrogen-bond donors (Lipinski definition) is 0. The molecule has 42 heavy (non-hydrogen) atoms. The average molecular weight is 615 g/mol. The first-order valence-electron chi connectivity index (χ1n) is 13.4. The topological polar surface area (TPSA) is 155 Å². The van der Waals surface area contributed by atoms with Crippen LogP contribution in [0.5, 0.6) is 0 Å². The molecule has 0 fully saturated rings. The van der Waals surface area contributed by atoms with Crippen LogP contribution in [-0.2, 0) is 51.0 Å². The van der Waals surface area contributed by atoms with Crippen molar-refractivity contribution in [3.63, 3.8) is 0 Å². The highest BCUT2D eigenvalue weighted by Crippen LogP contribution is 2.06. The van der Waals surface area contributed by atoms with Crippen LogP contribution < -0.4 is 0 Å². The molecule has 4 aromatic rings. The number of aryl methyl sites for hydroxylation is 4. The minimum Gasteiger partial charge on any atom is -0.219 e. The van der Waals surface area contributed by atoms with E-state index in [0.29, 0.717) is 84.7 Å². The van der Waals surface area contributed by atoms with Gasteiger partial charge in [-0.05, 0) is 48.5 Å². The molecule has 18 heteroatoms. The van der Waals surface area contributed by atoms with E-state index in [1.165, 1.54) is 0 Å². The Hall–Kier alpha value is -3.39. The molecule has 0 saturated carbocycles. The lowest BCUT2D eigenvalue weighted by atomic mass is 9.70. The molecule has 0 spiro atoms. The Morgan fingerprint density at radius 3 is 0.952 bits per heavy atom. The van der Waals surface area contributed by atoms with Gasteiger partial charge in [0.25, 0.3) is 0 Å². The molecule has 4 heterocycles. The fourth-order valence-corrected chi connectivity index (χ4v) is 3.80. The second-order valence-corrected chi connectivity index (χ2v) is 9.23. The molecule has 4 aromatic heterocycles. The highest BCUT2D eigenvalue weighted by molar-refractivity contribution is 6.34. The predicted octanol–water partition coefficient (Wildman–Crippen LogP) is 2.76. The minimum atomic E-state index is -0.787. The Morgan fingerprint density at radius 1 is 0.405 bits per heavy atom. The van der Waals surface area contributed by atoms with Gasteiger partial charge >= 0.3 is 12.2 Å². The monoisotopic (exact) mass is 614 g/mol. The lowest BCUT2D eigenvalue weighted by Crippen LogP contribution is -2.13. The minimum absolute atomic E-state index is 0.224. The van der Waals surface area contributed by atoms with Crippen LogP contribution in [0.25, 0.3) is 0 Å². The van der Waals surface area contributed by atoms with E-state index in [2.05, 4.69) is 59.8 Å². The number of aromatic nitrogens is 12. The molecule has 0 bridgehead atoms. The third-order valence-corrected chi connectivity index (χ3v) is 5.71. The average Bonchev–Trinajstić information content (AvgIpc) is 2.96. The van der Waals surface area contributed by atoms with E-state index < -0.39 is 12.2 Å². The summed E-state index contributed by atoms with van der Waals surface area (Å²) in [6.07, 6.45) is 2.74. The molecule has 0 aliphatic heterocycles. The van der Waals surface area contributed by atoms with E-state index in [0.717, 1.165) is 12.8 Å². The molecular formula is C24H28B2Cl2F2N12. The van der Waals surface area contributed by atoms with Crippen LogP contribution in [0.3, 0.4) is 0 Å². The molecule has 0 saturated heterocycles. The van der Waals surface area contributed by atoms with Gasteiger partial charge in [-0.15, -0.1) is 0 Å². The maximum absolute atomic E-state index is 13.2. The molecule has 0 unspecified atom stereocenters. The van der Waals surface area contributed by atoms with Gasteiger partial charge in [0.1, 0.15) is 61.2 Å². The number of hydrogen-bond acceptors (Lipinski definition) is 12. The van der Waals surface area contributed by atoms with Gasteiger partial charge < -0.3 is 0 Å². The molecule has 0 aliphatic rings. The third-order valence-electron chi connectivity index (χ3n) is 5.38. The van der Waals surface area contributed by atoms with E-state index in [1.54, 1.807) is 7.28 Å². The summed E-state index contributed by atoms with van der Waals surface area (Å²) in [7, 11) is 3.75.